The zero-order chi connectivity index (χ0) is 13.7. The van der Waals surface area contributed by atoms with Crippen molar-refractivity contribution in [3.8, 4) is 0 Å². The predicted molar refractivity (Wildman–Crippen MR) is 72.0 cm³/mol. The largest absolute Gasteiger partial charge is 0.463 e. The van der Waals surface area contributed by atoms with Crippen LogP contribution in [-0.4, -0.2) is 17.4 Å². The van der Waals surface area contributed by atoms with E-state index in [4.69, 9.17) is 16.0 Å². The molecule has 0 fully saturated rings. The molecule has 0 spiro atoms. The standard InChI is InChI=1S/C12H8ClN3O3/c13-10-3-4-12(16(17)18)9(6-10)7-14-15-8-11-2-1-5-19-11/h1-8H/b14-7?,15-8+. The summed E-state index contributed by atoms with van der Waals surface area (Å²) in [5, 5.41) is 18.6. The smallest absolute Gasteiger partial charge is 0.278 e. The Morgan fingerprint density at radius 3 is 2.74 bits per heavy atom. The van der Waals surface area contributed by atoms with Crippen LogP contribution in [0.4, 0.5) is 5.69 Å². The first-order valence-corrected chi connectivity index (χ1v) is 5.58. The van der Waals surface area contributed by atoms with Gasteiger partial charge in [0.25, 0.3) is 5.69 Å². The molecular weight excluding hydrogens is 270 g/mol. The van der Waals surface area contributed by atoms with Crippen LogP contribution in [0.5, 0.6) is 0 Å². The summed E-state index contributed by atoms with van der Waals surface area (Å²) in [7, 11) is 0. The molecule has 1 heterocycles. The molecule has 0 atom stereocenters. The molecule has 0 saturated carbocycles. The van der Waals surface area contributed by atoms with Gasteiger partial charge in [-0.1, -0.05) is 11.6 Å². The first-order chi connectivity index (χ1) is 9.16. The lowest BCUT2D eigenvalue weighted by atomic mass is 10.2. The van der Waals surface area contributed by atoms with Gasteiger partial charge >= 0.3 is 0 Å². The van der Waals surface area contributed by atoms with Crippen LogP contribution in [0.1, 0.15) is 11.3 Å². The topological polar surface area (TPSA) is 81.0 Å². The maximum Gasteiger partial charge on any atom is 0.278 e. The van der Waals surface area contributed by atoms with Crippen LogP contribution in [0.3, 0.4) is 0 Å². The van der Waals surface area contributed by atoms with Gasteiger partial charge in [-0.3, -0.25) is 10.1 Å². The summed E-state index contributed by atoms with van der Waals surface area (Å²) in [5.74, 6) is 0.540. The summed E-state index contributed by atoms with van der Waals surface area (Å²) in [6.45, 7) is 0. The maximum atomic E-state index is 10.8. The zero-order valence-electron chi connectivity index (χ0n) is 9.56. The number of rotatable bonds is 4. The van der Waals surface area contributed by atoms with E-state index >= 15 is 0 Å². The third-order valence-electron chi connectivity index (χ3n) is 2.18. The molecule has 0 aliphatic rings. The number of nitro groups is 1. The minimum absolute atomic E-state index is 0.0821. The normalized spacial score (nSPS) is 11.4. The highest BCUT2D eigenvalue weighted by Gasteiger charge is 2.11. The molecule has 0 saturated heterocycles. The number of hydrogen-bond donors (Lipinski definition) is 0. The highest BCUT2D eigenvalue weighted by molar-refractivity contribution is 6.31. The fourth-order valence-electron chi connectivity index (χ4n) is 1.35. The van der Waals surface area contributed by atoms with Gasteiger partial charge in [0.2, 0.25) is 0 Å². The van der Waals surface area contributed by atoms with Gasteiger partial charge < -0.3 is 4.42 Å². The molecule has 2 aromatic rings. The highest BCUT2D eigenvalue weighted by Crippen LogP contribution is 2.21. The Kier molecular flexibility index (Phi) is 4.04. The van der Waals surface area contributed by atoms with Crippen molar-refractivity contribution < 1.29 is 9.34 Å². The quantitative estimate of drug-likeness (QED) is 0.488. The van der Waals surface area contributed by atoms with Gasteiger partial charge in [-0.15, -0.1) is 0 Å². The second-order valence-electron chi connectivity index (χ2n) is 3.46. The van der Waals surface area contributed by atoms with Crippen molar-refractivity contribution in [3.05, 3.63) is 63.1 Å². The summed E-state index contributed by atoms with van der Waals surface area (Å²) in [4.78, 5) is 10.3. The summed E-state index contributed by atoms with van der Waals surface area (Å²) in [5.41, 5.74) is 0.204. The first-order valence-electron chi connectivity index (χ1n) is 5.20. The zero-order valence-corrected chi connectivity index (χ0v) is 10.3. The van der Waals surface area contributed by atoms with Gasteiger partial charge in [0.15, 0.2) is 0 Å². The van der Waals surface area contributed by atoms with Crippen molar-refractivity contribution in [2.75, 3.05) is 0 Å². The molecule has 0 radical (unpaired) electrons. The number of nitrogens with zero attached hydrogens (tertiary/aromatic N) is 3. The van der Waals surface area contributed by atoms with Crippen molar-refractivity contribution in [1.29, 1.82) is 0 Å². The summed E-state index contributed by atoms with van der Waals surface area (Å²) < 4.78 is 5.01. The lowest BCUT2D eigenvalue weighted by molar-refractivity contribution is -0.385. The maximum absolute atomic E-state index is 10.8. The highest BCUT2D eigenvalue weighted by atomic mass is 35.5. The number of nitro benzene ring substituents is 1. The van der Waals surface area contributed by atoms with Crippen molar-refractivity contribution in [1.82, 2.24) is 0 Å². The number of benzene rings is 1. The van der Waals surface area contributed by atoms with Crippen LogP contribution in [-0.2, 0) is 0 Å². The Morgan fingerprint density at radius 1 is 1.26 bits per heavy atom. The van der Waals surface area contributed by atoms with Crippen molar-refractivity contribution in [2.45, 2.75) is 0 Å². The average Bonchev–Trinajstić information content (AvgIpc) is 2.87. The van der Waals surface area contributed by atoms with E-state index in [1.54, 1.807) is 12.1 Å². The molecule has 0 N–H and O–H groups in total. The summed E-state index contributed by atoms with van der Waals surface area (Å²) in [6, 6.07) is 7.64. The van der Waals surface area contributed by atoms with E-state index in [2.05, 4.69) is 10.2 Å². The fourth-order valence-corrected chi connectivity index (χ4v) is 1.53. The van der Waals surface area contributed by atoms with E-state index < -0.39 is 4.92 Å². The molecule has 0 amide bonds. The Morgan fingerprint density at radius 2 is 2.05 bits per heavy atom. The third kappa shape index (κ3) is 3.49. The molecule has 0 bridgehead atoms. The minimum Gasteiger partial charge on any atom is -0.463 e. The van der Waals surface area contributed by atoms with E-state index in [-0.39, 0.29) is 11.3 Å². The monoisotopic (exact) mass is 277 g/mol. The van der Waals surface area contributed by atoms with Gasteiger partial charge in [-0.05, 0) is 24.3 Å². The molecule has 2 rings (SSSR count). The van der Waals surface area contributed by atoms with Crippen LogP contribution >= 0.6 is 11.6 Å². The van der Waals surface area contributed by atoms with Crippen LogP contribution in [0.2, 0.25) is 5.02 Å². The van der Waals surface area contributed by atoms with Gasteiger partial charge in [-0.25, -0.2) is 0 Å². The van der Waals surface area contributed by atoms with Gasteiger partial charge in [0.1, 0.15) is 5.76 Å². The van der Waals surface area contributed by atoms with E-state index in [1.165, 1.54) is 36.9 Å². The Labute approximate surface area is 113 Å². The van der Waals surface area contributed by atoms with Crippen LogP contribution in [0.25, 0.3) is 0 Å². The lowest BCUT2D eigenvalue weighted by Gasteiger charge is -1.96. The number of furan rings is 1. The van der Waals surface area contributed by atoms with E-state index in [0.29, 0.717) is 10.8 Å². The number of halogens is 1. The van der Waals surface area contributed by atoms with Crippen LogP contribution in [0, 0.1) is 10.1 Å². The molecule has 1 aromatic heterocycles. The first kappa shape index (κ1) is 13.0. The second-order valence-corrected chi connectivity index (χ2v) is 3.90. The molecule has 6 nitrogen and oxygen atoms in total. The van der Waals surface area contributed by atoms with Crippen LogP contribution < -0.4 is 0 Å². The molecule has 0 aliphatic carbocycles. The molecule has 0 unspecified atom stereocenters. The van der Waals surface area contributed by atoms with Crippen molar-refractivity contribution >= 4 is 29.7 Å². The lowest BCUT2D eigenvalue weighted by Crippen LogP contribution is -1.94. The molecule has 0 aliphatic heterocycles. The Bertz CT molecular complexity index is 636. The SMILES string of the molecule is O=[N+]([O-])c1ccc(Cl)cc1C=N/N=C/c1ccco1. The van der Waals surface area contributed by atoms with E-state index in [0.717, 1.165) is 0 Å². The van der Waals surface area contributed by atoms with Crippen molar-refractivity contribution in [2.24, 2.45) is 10.2 Å². The van der Waals surface area contributed by atoms with Crippen molar-refractivity contribution in [3.63, 3.8) is 0 Å². The predicted octanol–water partition coefficient (Wildman–Crippen LogP) is 3.29. The fraction of sp³-hybridized carbons (Fsp3) is 0. The summed E-state index contributed by atoms with van der Waals surface area (Å²) >= 11 is 5.78. The minimum atomic E-state index is -0.506. The summed E-state index contributed by atoms with van der Waals surface area (Å²) in [6.07, 6.45) is 4.17. The van der Waals surface area contributed by atoms with Crippen LogP contribution in [0.15, 0.2) is 51.2 Å². The third-order valence-corrected chi connectivity index (χ3v) is 2.41. The molecule has 7 heteroatoms. The Balaban J connectivity index is 2.18. The van der Waals surface area contributed by atoms with Gasteiger partial charge in [0, 0.05) is 11.1 Å². The van der Waals surface area contributed by atoms with Gasteiger partial charge in [-0.2, -0.15) is 10.2 Å². The Hall–Kier alpha value is -2.47. The molecular formula is C12H8ClN3O3. The molecule has 96 valence electrons. The van der Waals surface area contributed by atoms with E-state index in [9.17, 15) is 10.1 Å². The average molecular weight is 278 g/mol. The van der Waals surface area contributed by atoms with E-state index in [1.807, 2.05) is 0 Å². The molecule has 19 heavy (non-hydrogen) atoms. The van der Waals surface area contributed by atoms with Gasteiger partial charge in [0.05, 0.1) is 29.2 Å². The second kappa shape index (κ2) is 5.92. The molecule has 1 aromatic carbocycles. The number of hydrogen-bond acceptors (Lipinski definition) is 5.